The average molecular weight is 138 g/mol. The van der Waals surface area contributed by atoms with E-state index in [0.717, 1.165) is 0 Å². The minimum Gasteiger partial charge on any atom is -0.871 e. The van der Waals surface area contributed by atoms with Crippen LogP contribution in [0.1, 0.15) is 0 Å². The van der Waals surface area contributed by atoms with Crippen LogP contribution >= 0.6 is 0 Å². The summed E-state index contributed by atoms with van der Waals surface area (Å²) in [4.78, 5) is 0. The van der Waals surface area contributed by atoms with Crippen LogP contribution in [0.2, 0.25) is 0 Å². The molecular weight excluding hydrogens is 137 g/mol. The summed E-state index contributed by atoms with van der Waals surface area (Å²) < 4.78 is 0. The topological polar surface area (TPSA) is 66.3 Å². The first-order valence-electron chi connectivity index (χ1n) is 0.730. The van der Waals surface area contributed by atoms with Crippen LogP contribution in [0.5, 0.6) is 0 Å². The molecule has 6 heavy (non-hydrogen) atoms. The molecule has 0 aliphatic carbocycles. The van der Waals surface area contributed by atoms with Gasteiger partial charge in [0.2, 0.25) is 0 Å². The van der Waals surface area contributed by atoms with Gasteiger partial charge in [0.05, 0.1) is 7.32 Å². The average Bonchev–Trinajstić information content (AvgIpc) is 0.811. The van der Waals surface area contributed by atoms with Gasteiger partial charge in [-0.2, -0.15) is 0 Å². The number of rotatable bonds is 0. The third kappa shape index (κ3) is 27.0. The molecule has 0 atom stereocenters. The molecule has 0 aromatic rings. The van der Waals surface area contributed by atoms with Gasteiger partial charge in [-0.15, -0.1) is 0 Å². The van der Waals surface area contributed by atoms with E-state index in [1.54, 1.807) is 0 Å². The standard InChI is InChI=1S/BHO3.2K/c2-1(3)4;;/h2H;;/q-2;2*+1. The van der Waals surface area contributed by atoms with Gasteiger partial charge < -0.3 is 15.1 Å². The van der Waals surface area contributed by atoms with Crippen LogP contribution in [0.4, 0.5) is 0 Å². The molecule has 0 aliphatic rings. The molecule has 0 aromatic carbocycles. The Labute approximate surface area is 122 Å². The fraction of sp³-hybridized carbons (Fsp3) is 0. The Balaban J connectivity index is -0.0000000450. The second-order valence-corrected chi connectivity index (χ2v) is 0.307. The minimum absolute atomic E-state index is 0. The molecule has 0 heterocycles. The van der Waals surface area contributed by atoms with E-state index in [-0.39, 0.29) is 103 Å². The molecule has 0 rings (SSSR count). The van der Waals surface area contributed by atoms with E-state index < -0.39 is 7.32 Å². The van der Waals surface area contributed by atoms with Crippen molar-refractivity contribution in [2.24, 2.45) is 0 Å². The van der Waals surface area contributed by atoms with Crippen LogP contribution in [-0.2, 0) is 0 Å². The first kappa shape index (κ1) is 16.1. The second kappa shape index (κ2) is 11.1. The maximum Gasteiger partial charge on any atom is 1.00 e. The molecule has 1 N–H and O–H groups in total. The van der Waals surface area contributed by atoms with Crippen LogP contribution in [-0.4, -0.2) is 12.3 Å². The fourth-order valence-corrected chi connectivity index (χ4v) is 0. The zero-order valence-electron chi connectivity index (χ0n) is 3.84. The second-order valence-electron chi connectivity index (χ2n) is 0.307. The largest absolute Gasteiger partial charge is 1.00 e. The molecule has 0 amide bonds. The van der Waals surface area contributed by atoms with E-state index in [2.05, 4.69) is 0 Å². The van der Waals surface area contributed by atoms with Crippen molar-refractivity contribution in [3.63, 3.8) is 0 Å². The molecule has 0 aliphatic heterocycles. The van der Waals surface area contributed by atoms with Gasteiger partial charge in [0.1, 0.15) is 0 Å². The van der Waals surface area contributed by atoms with Crippen molar-refractivity contribution in [3.05, 3.63) is 0 Å². The maximum absolute atomic E-state index is 8.53. The summed E-state index contributed by atoms with van der Waals surface area (Å²) in [6.07, 6.45) is 0. The molecule has 0 saturated heterocycles. The van der Waals surface area contributed by atoms with Crippen LogP contribution in [0.25, 0.3) is 0 Å². The van der Waals surface area contributed by atoms with Crippen molar-refractivity contribution in [2.45, 2.75) is 0 Å². The zero-order valence-corrected chi connectivity index (χ0v) is 10.1. The van der Waals surface area contributed by atoms with Gasteiger partial charge in [0.25, 0.3) is 0 Å². The van der Waals surface area contributed by atoms with Gasteiger partial charge >= 0.3 is 103 Å². The van der Waals surface area contributed by atoms with Crippen molar-refractivity contribution in [2.75, 3.05) is 0 Å². The Morgan fingerprint density at radius 2 is 1.17 bits per heavy atom. The molecule has 0 radical (unpaired) electrons. The van der Waals surface area contributed by atoms with E-state index in [0.29, 0.717) is 0 Å². The molecule has 24 valence electrons. The molecule has 0 fully saturated rings. The van der Waals surface area contributed by atoms with Crippen molar-refractivity contribution < 1.29 is 118 Å². The monoisotopic (exact) mass is 138 g/mol. The molecule has 0 aromatic heterocycles. The molecule has 6 heteroatoms. The summed E-state index contributed by atoms with van der Waals surface area (Å²) in [5.74, 6) is 0. The van der Waals surface area contributed by atoms with Gasteiger partial charge in [0.15, 0.2) is 0 Å². The summed E-state index contributed by atoms with van der Waals surface area (Å²) in [6, 6.07) is 0. The van der Waals surface area contributed by atoms with Crippen molar-refractivity contribution in [3.8, 4) is 0 Å². The van der Waals surface area contributed by atoms with E-state index in [9.17, 15) is 0 Å². The molecular formula is HBK2O3. The Bertz CT molecular complexity index is 13.5. The zero-order chi connectivity index (χ0) is 3.58. The van der Waals surface area contributed by atoms with Gasteiger partial charge in [-0.1, -0.05) is 0 Å². The Morgan fingerprint density at radius 3 is 1.17 bits per heavy atom. The smallest absolute Gasteiger partial charge is 0.871 e. The maximum atomic E-state index is 8.53. The van der Waals surface area contributed by atoms with E-state index >= 15 is 0 Å². The summed E-state index contributed by atoms with van der Waals surface area (Å²) in [5.41, 5.74) is 0. The van der Waals surface area contributed by atoms with E-state index in [4.69, 9.17) is 15.1 Å². The first-order chi connectivity index (χ1) is 1.73. The van der Waals surface area contributed by atoms with Crippen LogP contribution in [0, 0.1) is 0 Å². The predicted molar refractivity (Wildman–Crippen MR) is 7.97 cm³/mol. The van der Waals surface area contributed by atoms with Gasteiger partial charge in [-0.3, -0.25) is 0 Å². The Morgan fingerprint density at radius 1 is 1.17 bits per heavy atom. The van der Waals surface area contributed by atoms with E-state index in [1.165, 1.54) is 0 Å². The SMILES string of the molecule is [K+].[K+].[O-]B([O-])O. The van der Waals surface area contributed by atoms with Crippen LogP contribution < -0.4 is 113 Å². The summed E-state index contributed by atoms with van der Waals surface area (Å²) >= 11 is 0. The summed E-state index contributed by atoms with van der Waals surface area (Å²) in [5, 5.41) is 24.0. The Hall–Kier alpha value is 3.22. The van der Waals surface area contributed by atoms with E-state index in [1.807, 2.05) is 0 Å². The third-order valence-corrected chi connectivity index (χ3v) is 0. The number of hydrogen-bond donors (Lipinski definition) is 1. The summed E-state index contributed by atoms with van der Waals surface area (Å²) in [6.45, 7) is 0. The molecule has 0 spiro atoms. The van der Waals surface area contributed by atoms with Crippen LogP contribution in [0.15, 0.2) is 0 Å². The van der Waals surface area contributed by atoms with Gasteiger partial charge in [-0.25, -0.2) is 0 Å². The third-order valence-electron chi connectivity index (χ3n) is 0. The number of hydrogen-bond acceptors (Lipinski definition) is 3. The van der Waals surface area contributed by atoms with Crippen molar-refractivity contribution in [1.82, 2.24) is 0 Å². The first-order valence-corrected chi connectivity index (χ1v) is 0.730. The summed E-state index contributed by atoms with van der Waals surface area (Å²) in [7, 11) is -2.67. The Kier molecular flexibility index (Phi) is 29.7. The molecule has 3 nitrogen and oxygen atoms in total. The molecule has 0 saturated carbocycles. The van der Waals surface area contributed by atoms with Crippen LogP contribution in [0.3, 0.4) is 0 Å². The minimum atomic E-state index is -2.67. The van der Waals surface area contributed by atoms with Gasteiger partial charge in [0, 0.05) is 0 Å². The predicted octanol–water partition coefficient (Wildman–Crippen LogP) is -9.31. The van der Waals surface area contributed by atoms with Gasteiger partial charge in [-0.05, 0) is 0 Å². The fourth-order valence-electron chi connectivity index (χ4n) is 0. The molecule has 0 unspecified atom stereocenters. The van der Waals surface area contributed by atoms with Crippen molar-refractivity contribution >= 4 is 7.32 Å². The quantitative estimate of drug-likeness (QED) is 0.338. The normalized spacial score (nSPS) is 4.50. The van der Waals surface area contributed by atoms with Crippen molar-refractivity contribution in [1.29, 1.82) is 0 Å². The molecule has 0 bridgehead atoms.